The van der Waals surface area contributed by atoms with Gasteiger partial charge in [-0.2, -0.15) is 0 Å². The van der Waals surface area contributed by atoms with Gasteiger partial charge in [0.1, 0.15) is 0 Å². The third-order valence-electron chi connectivity index (χ3n) is 3.03. The lowest BCUT2D eigenvalue weighted by atomic mass is 9.92. The lowest BCUT2D eigenvalue weighted by Gasteiger charge is -2.20. The highest BCUT2D eigenvalue weighted by molar-refractivity contribution is 9.10. The van der Waals surface area contributed by atoms with E-state index in [1.807, 2.05) is 12.3 Å². The van der Waals surface area contributed by atoms with Crippen molar-refractivity contribution in [3.8, 4) is 0 Å². The number of piperidine rings is 1. The Balaban J connectivity index is 2.01. The van der Waals surface area contributed by atoms with E-state index < -0.39 is 0 Å². The van der Waals surface area contributed by atoms with Gasteiger partial charge >= 0.3 is 0 Å². The summed E-state index contributed by atoms with van der Waals surface area (Å²) in [4.78, 5) is 22.9. The van der Waals surface area contributed by atoms with E-state index in [1.165, 1.54) is 0 Å². The third kappa shape index (κ3) is 1.80. The van der Waals surface area contributed by atoms with Crippen LogP contribution in [0.3, 0.4) is 0 Å². The standard InChI is InChI=1S/C11H9BrN4O2/c12-11-15-14-8-3-1-6(5-16(8)11)7-2-4-9(17)13-10(7)18/h1,3,5,7H,2,4H2,(H,13,17,18). The number of carbonyl (C=O) groups excluding carboxylic acids is 2. The number of imide groups is 1. The number of fused-ring (bicyclic) bond motifs is 1. The summed E-state index contributed by atoms with van der Waals surface area (Å²) in [5, 5.41) is 10.2. The van der Waals surface area contributed by atoms with Crippen LogP contribution < -0.4 is 5.32 Å². The summed E-state index contributed by atoms with van der Waals surface area (Å²) in [5.41, 5.74) is 1.56. The number of carbonyl (C=O) groups is 2. The van der Waals surface area contributed by atoms with Crippen molar-refractivity contribution in [1.29, 1.82) is 0 Å². The largest absolute Gasteiger partial charge is 0.296 e. The predicted molar refractivity (Wildman–Crippen MR) is 65.8 cm³/mol. The predicted octanol–water partition coefficient (Wildman–Crippen LogP) is 1.01. The van der Waals surface area contributed by atoms with Crippen molar-refractivity contribution in [2.24, 2.45) is 0 Å². The Bertz CT molecular complexity index is 652. The molecule has 1 aliphatic heterocycles. The highest BCUT2D eigenvalue weighted by atomic mass is 79.9. The molecule has 6 nitrogen and oxygen atoms in total. The van der Waals surface area contributed by atoms with E-state index in [4.69, 9.17) is 0 Å². The fourth-order valence-corrected chi connectivity index (χ4v) is 2.46. The summed E-state index contributed by atoms with van der Waals surface area (Å²) >= 11 is 3.28. The number of hydrogen-bond donors (Lipinski definition) is 1. The molecule has 0 saturated carbocycles. The smallest absolute Gasteiger partial charge is 0.234 e. The van der Waals surface area contributed by atoms with Gasteiger partial charge in [-0.15, -0.1) is 10.2 Å². The lowest BCUT2D eigenvalue weighted by molar-refractivity contribution is -0.134. The second-order valence-corrected chi connectivity index (χ2v) is 4.87. The molecule has 2 aromatic rings. The minimum Gasteiger partial charge on any atom is -0.296 e. The first-order chi connectivity index (χ1) is 8.65. The molecule has 18 heavy (non-hydrogen) atoms. The number of nitrogens with zero attached hydrogens (tertiary/aromatic N) is 3. The average molecular weight is 309 g/mol. The first-order valence-corrected chi connectivity index (χ1v) is 6.28. The molecule has 1 fully saturated rings. The maximum absolute atomic E-state index is 11.8. The van der Waals surface area contributed by atoms with E-state index in [9.17, 15) is 9.59 Å². The SMILES string of the molecule is O=C1CCC(c2ccc3nnc(Br)n3c2)C(=O)N1. The summed E-state index contributed by atoms with van der Waals surface area (Å²) in [7, 11) is 0. The number of hydrogen-bond acceptors (Lipinski definition) is 4. The quantitative estimate of drug-likeness (QED) is 0.798. The Hall–Kier alpha value is -1.76. The number of pyridine rings is 1. The zero-order valence-corrected chi connectivity index (χ0v) is 10.8. The van der Waals surface area contributed by atoms with Crippen molar-refractivity contribution in [1.82, 2.24) is 19.9 Å². The molecular formula is C11H9BrN4O2. The normalized spacial score (nSPS) is 20.2. The van der Waals surface area contributed by atoms with E-state index in [0.717, 1.165) is 5.56 Å². The molecule has 0 radical (unpaired) electrons. The zero-order valence-electron chi connectivity index (χ0n) is 9.26. The van der Waals surface area contributed by atoms with Crippen molar-refractivity contribution in [3.05, 3.63) is 28.6 Å². The molecule has 2 amide bonds. The van der Waals surface area contributed by atoms with Gasteiger partial charge in [0.05, 0.1) is 5.92 Å². The second-order valence-electron chi connectivity index (χ2n) is 4.16. The van der Waals surface area contributed by atoms with Crippen LogP contribution in [0.25, 0.3) is 5.65 Å². The molecule has 2 aromatic heterocycles. The molecule has 0 bridgehead atoms. The van der Waals surface area contributed by atoms with Crippen LogP contribution in [0.1, 0.15) is 24.3 Å². The number of halogens is 1. The Kier molecular flexibility index (Phi) is 2.62. The molecule has 1 unspecified atom stereocenters. The van der Waals surface area contributed by atoms with Crippen molar-refractivity contribution in [3.63, 3.8) is 0 Å². The molecular weight excluding hydrogens is 300 g/mol. The Morgan fingerprint density at radius 1 is 1.33 bits per heavy atom. The summed E-state index contributed by atoms with van der Waals surface area (Å²) in [6.45, 7) is 0. The van der Waals surface area contributed by atoms with Gasteiger partial charge in [-0.3, -0.25) is 19.3 Å². The first kappa shape index (κ1) is 11.3. The lowest BCUT2D eigenvalue weighted by Crippen LogP contribution is -2.39. The molecule has 3 rings (SSSR count). The van der Waals surface area contributed by atoms with E-state index in [1.54, 1.807) is 10.5 Å². The van der Waals surface area contributed by atoms with Gasteiger partial charge in [0.2, 0.25) is 16.5 Å². The summed E-state index contributed by atoms with van der Waals surface area (Å²) < 4.78 is 2.35. The fraction of sp³-hybridized carbons (Fsp3) is 0.273. The van der Waals surface area contributed by atoms with Crippen LogP contribution in [0.4, 0.5) is 0 Å². The van der Waals surface area contributed by atoms with Gasteiger partial charge in [0.25, 0.3) is 0 Å². The van der Waals surface area contributed by atoms with E-state index in [-0.39, 0.29) is 17.7 Å². The number of amides is 2. The monoisotopic (exact) mass is 308 g/mol. The zero-order chi connectivity index (χ0) is 12.7. The minimum atomic E-state index is -0.290. The molecule has 92 valence electrons. The van der Waals surface area contributed by atoms with Crippen LogP contribution in [0.2, 0.25) is 0 Å². The van der Waals surface area contributed by atoms with Gasteiger partial charge < -0.3 is 0 Å². The molecule has 0 spiro atoms. The van der Waals surface area contributed by atoms with Crippen molar-refractivity contribution in [2.45, 2.75) is 18.8 Å². The van der Waals surface area contributed by atoms with E-state index in [0.29, 0.717) is 23.2 Å². The van der Waals surface area contributed by atoms with Gasteiger partial charge in [-0.05, 0) is 34.0 Å². The average Bonchev–Trinajstić information content (AvgIpc) is 2.71. The molecule has 1 saturated heterocycles. The van der Waals surface area contributed by atoms with Crippen LogP contribution >= 0.6 is 15.9 Å². The van der Waals surface area contributed by atoms with Crippen LogP contribution in [0.15, 0.2) is 23.1 Å². The molecule has 1 atom stereocenters. The Morgan fingerprint density at radius 3 is 2.94 bits per heavy atom. The Morgan fingerprint density at radius 2 is 2.17 bits per heavy atom. The van der Waals surface area contributed by atoms with Gasteiger partial charge in [0.15, 0.2) is 5.65 Å². The number of nitrogens with one attached hydrogen (secondary N) is 1. The molecule has 0 aromatic carbocycles. The molecule has 1 aliphatic rings. The van der Waals surface area contributed by atoms with Crippen molar-refractivity contribution < 1.29 is 9.59 Å². The Labute approximate surface area is 111 Å². The van der Waals surface area contributed by atoms with Crippen molar-refractivity contribution in [2.75, 3.05) is 0 Å². The fourth-order valence-electron chi connectivity index (χ4n) is 2.10. The topological polar surface area (TPSA) is 76.4 Å². The number of rotatable bonds is 1. The summed E-state index contributed by atoms with van der Waals surface area (Å²) in [6, 6.07) is 3.65. The van der Waals surface area contributed by atoms with Gasteiger partial charge in [-0.1, -0.05) is 6.07 Å². The van der Waals surface area contributed by atoms with Crippen molar-refractivity contribution >= 4 is 33.4 Å². The highest BCUT2D eigenvalue weighted by Gasteiger charge is 2.28. The number of aromatic nitrogens is 3. The maximum atomic E-state index is 11.8. The maximum Gasteiger partial charge on any atom is 0.234 e. The van der Waals surface area contributed by atoms with Crippen LogP contribution in [0, 0.1) is 0 Å². The molecule has 3 heterocycles. The van der Waals surface area contributed by atoms with Gasteiger partial charge in [0, 0.05) is 12.6 Å². The summed E-state index contributed by atoms with van der Waals surface area (Å²) in [6.07, 6.45) is 2.73. The highest BCUT2D eigenvalue weighted by Crippen LogP contribution is 2.25. The van der Waals surface area contributed by atoms with Crippen LogP contribution in [-0.4, -0.2) is 26.4 Å². The third-order valence-corrected chi connectivity index (χ3v) is 3.57. The van der Waals surface area contributed by atoms with E-state index >= 15 is 0 Å². The second kappa shape index (κ2) is 4.16. The van der Waals surface area contributed by atoms with E-state index in [2.05, 4.69) is 31.4 Å². The molecule has 1 N–H and O–H groups in total. The van der Waals surface area contributed by atoms with Crippen LogP contribution in [-0.2, 0) is 9.59 Å². The van der Waals surface area contributed by atoms with Crippen LogP contribution in [0.5, 0.6) is 0 Å². The first-order valence-electron chi connectivity index (χ1n) is 5.49. The summed E-state index contributed by atoms with van der Waals surface area (Å²) in [5.74, 6) is -0.737. The molecule has 7 heteroatoms. The molecule has 0 aliphatic carbocycles. The minimum absolute atomic E-state index is 0.206. The van der Waals surface area contributed by atoms with Gasteiger partial charge in [-0.25, -0.2) is 0 Å².